The van der Waals surface area contributed by atoms with E-state index < -0.39 is 16.1 Å². The fourth-order valence-electron chi connectivity index (χ4n) is 2.74. The number of rotatable bonds is 6. The van der Waals surface area contributed by atoms with Gasteiger partial charge in [-0.25, -0.2) is 12.7 Å². The average Bonchev–Trinajstić information content (AvgIpc) is 2.58. The van der Waals surface area contributed by atoms with Crippen LogP contribution in [0.1, 0.15) is 24.5 Å². The number of hydrogen-bond acceptors (Lipinski definition) is 5. The Balaban J connectivity index is 1.80. The molecule has 0 bridgehead atoms. The molecule has 8 heteroatoms. The van der Waals surface area contributed by atoms with E-state index in [-0.39, 0.29) is 18.4 Å². The summed E-state index contributed by atoms with van der Waals surface area (Å²) in [7, 11) is -3.18. The summed E-state index contributed by atoms with van der Waals surface area (Å²) in [6.07, 6.45) is 3.45. The van der Waals surface area contributed by atoms with E-state index in [1.807, 2.05) is 30.5 Å². The van der Waals surface area contributed by atoms with Gasteiger partial charge in [-0.3, -0.25) is 4.79 Å². The molecule has 1 heterocycles. The first-order chi connectivity index (χ1) is 11.3. The topological polar surface area (TPSA) is 86.7 Å². The average molecular weight is 373 g/mol. The smallest absolute Gasteiger partial charge is 0.223 e. The zero-order valence-corrected chi connectivity index (χ0v) is 15.6. The van der Waals surface area contributed by atoms with Crippen LogP contribution in [0, 0.1) is 5.92 Å². The second-order valence-electron chi connectivity index (χ2n) is 5.97. The van der Waals surface area contributed by atoms with Gasteiger partial charge in [0.1, 0.15) is 0 Å². The molecule has 2 rings (SSSR count). The van der Waals surface area contributed by atoms with E-state index in [1.54, 1.807) is 11.8 Å². The maximum atomic E-state index is 12.2. The SMILES string of the molecule is CSc1ccc(C(O)CNC(=O)C2CCN(S(C)(=O)=O)CC2)cc1. The normalized spacial score (nSPS) is 18.3. The molecule has 1 aromatic rings. The summed E-state index contributed by atoms with van der Waals surface area (Å²) in [6.45, 7) is 0.898. The predicted molar refractivity (Wildman–Crippen MR) is 95.3 cm³/mol. The van der Waals surface area contributed by atoms with Crippen LogP contribution in [0.3, 0.4) is 0 Å². The lowest BCUT2D eigenvalue weighted by atomic mass is 9.97. The van der Waals surface area contributed by atoms with Gasteiger partial charge in [-0.2, -0.15) is 0 Å². The van der Waals surface area contributed by atoms with Crippen molar-refractivity contribution in [2.24, 2.45) is 5.92 Å². The molecule has 1 aliphatic heterocycles. The van der Waals surface area contributed by atoms with Gasteiger partial charge in [-0.05, 0) is 36.8 Å². The molecule has 24 heavy (non-hydrogen) atoms. The molecule has 1 fully saturated rings. The van der Waals surface area contributed by atoms with Crippen LogP contribution in [0.2, 0.25) is 0 Å². The lowest BCUT2D eigenvalue weighted by Crippen LogP contribution is -2.43. The van der Waals surface area contributed by atoms with Crippen LogP contribution in [0.5, 0.6) is 0 Å². The highest BCUT2D eigenvalue weighted by Gasteiger charge is 2.29. The molecule has 1 atom stereocenters. The van der Waals surface area contributed by atoms with Gasteiger partial charge in [0.15, 0.2) is 0 Å². The maximum absolute atomic E-state index is 12.2. The number of carbonyl (C=O) groups is 1. The minimum absolute atomic E-state index is 0.122. The summed E-state index contributed by atoms with van der Waals surface area (Å²) in [5.41, 5.74) is 0.764. The third-order valence-corrected chi connectivity index (χ3v) is 6.31. The number of sulfonamides is 1. The van der Waals surface area contributed by atoms with Crippen LogP contribution in [0.15, 0.2) is 29.2 Å². The zero-order valence-electron chi connectivity index (χ0n) is 13.9. The Morgan fingerprint density at radius 3 is 2.42 bits per heavy atom. The van der Waals surface area contributed by atoms with Crippen molar-refractivity contribution in [1.82, 2.24) is 9.62 Å². The van der Waals surface area contributed by atoms with E-state index in [9.17, 15) is 18.3 Å². The first kappa shape index (κ1) is 19.2. The molecular weight excluding hydrogens is 348 g/mol. The molecule has 6 nitrogen and oxygen atoms in total. The quantitative estimate of drug-likeness (QED) is 0.734. The summed E-state index contributed by atoms with van der Waals surface area (Å²) in [5.74, 6) is -0.322. The van der Waals surface area contributed by atoms with Crippen molar-refractivity contribution in [3.63, 3.8) is 0 Å². The van der Waals surface area contributed by atoms with Crippen LogP contribution < -0.4 is 5.32 Å². The largest absolute Gasteiger partial charge is 0.387 e. The van der Waals surface area contributed by atoms with Crippen molar-refractivity contribution < 1.29 is 18.3 Å². The number of benzene rings is 1. The Kier molecular flexibility index (Phi) is 6.68. The van der Waals surface area contributed by atoms with Gasteiger partial charge in [0, 0.05) is 30.4 Å². The summed E-state index contributed by atoms with van der Waals surface area (Å²) in [6, 6.07) is 7.58. The zero-order chi connectivity index (χ0) is 17.7. The Bertz CT molecular complexity index is 653. The van der Waals surface area contributed by atoms with Crippen LogP contribution in [-0.2, 0) is 14.8 Å². The van der Waals surface area contributed by atoms with E-state index in [4.69, 9.17) is 0 Å². The van der Waals surface area contributed by atoms with Gasteiger partial charge < -0.3 is 10.4 Å². The molecule has 1 amide bonds. The molecule has 0 saturated carbocycles. The molecule has 0 radical (unpaired) electrons. The van der Waals surface area contributed by atoms with E-state index >= 15 is 0 Å². The first-order valence-corrected chi connectivity index (χ1v) is 10.9. The van der Waals surface area contributed by atoms with Crippen molar-refractivity contribution in [1.29, 1.82) is 0 Å². The predicted octanol–water partition coefficient (Wildman–Crippen LogP) is 1.23. The number of thioether (sulfide) groups is 1. The number of aliphatic hydroxyl groups excluding tert-OH is 1. The van der Waals surface area contributed by atoms with E-state index in [1.165, 1.54) is 10.6 Å². The Morgan fingerprint density at radius 1 is 1.33 bits per heavy atom. The molecular formula is C16H24N2O4S2. The standard InChI is InChI=1S/C16H24N2O4S2/c1-23-14-5-3-12(4-6-14)15(19)11-17-16(20)13-7-9-18(10-8-13)24(2,21)22/h3-6,13,15,19H,7-11H2,1-2H3,(H,17,20). The monoisotopic (exact) mass is 372 g/mol. The van der Waals surface area contributed by atoms with Crippen molar-refractivity contribution in [3.05, 3.63) is 29.8 Å². The molecule has 1 aliphatic rings. The fourth-order valence-corrected chi connectivity index (χ4v) is 4.02. The molecule has 0 aromatic heterocycles. The molecule has 1 unspecified atom stereocenters. The fraction of sp³-hybridized carbons (Fsp3) is 0.562. The van der Waals surface area contributed by atoms with Gasteiger partial charge in [0.25, 0.3) is 0 Å². The molecule has 134 valence electrons. The van der Waals surface area contributed by atoms with E-state index in [0.717, 1.165) is 10.5 Å². The minimum Gasteiger partial charge on any atom is -0.387 e. The number of carbonyl (C=O) groups excluding carboxylic acids is 1. The van der Waals surface area contributed by atoms with Crippen LogP contribution >= 0.6 is 11.8 Å². The maximum Gasteiger partial charge on any atom is 0.223 e. The summed E-state index contributed by atoms with van der Waals surface area (Å²) in [5, 5.41) is 12.9. The lowest BCUT2D eigenvalue weighted by molar-refractivity contribution is -0.126. The van der Waals surface area contributed by atoms with Crippen molar-refractivity contribution in [2.45, 2.75) is 23.8 Å². The van der Waals surface area contributed by atoms with Crippen molar-refractivity contribution in [3.8, 4) is 0 Å². The number of nitrogens with one attached hydrogen (secondary N) is 1. The molecule has 2 N–H and O–H groups in total. The van der Waals surface area contributed by atoms with Gasteiger partial charge in [0.2, 0.25) is 15.9 Å². The van der Waals surface area contributed by atoms with Crippen LogP contribution in [0.25, 0.3) is 0 Å². The third-order valence-electron chi connectivity index (χ3n) is 4.26. The lowest BCUT2D eigenvalue weighted by Gasteiger charge is -2.29. The number of hydrogen-bond donors (Lipinski definition) is 2. The summed E-state index contributed by atoms with van der Waals surface area (Å²) in [4.78, 5) is 13.3. The molecule has 0 spiro atoms. The van der Waals surface area contributed by atoms with E-state index in [0.29, 0.717) is 25.9 Å². The number of amides is 1. The van der Waals surface area contributed by atoms with Gasteiger partial charge in [-0.15, -0.1) is 11.8 Å². The highest BCUT2D eigenvalue weighted by Crippen LogP contribution is 2.21. The van der Waals surface area contributed by atoms with Crippen molar-refractivity contribution >= 4 is 27.7 Å². The second-order valence-corrected chi connectivity index (χ2v) is 8.83. The Labute approximate surface area is 147 Å². The van der Waals surface area contributed by atoms with Gasteiger partial charge >= 0.3 is 0 Å². The number of piperidine rings is 1. The summed E-state index contributed by atoms with van der Waals surface area (Å²) < 4.78 is 24.3. The summed E-state index contributed by atoms with van der Waals surface area (Å²) >= 11 is 1.63. The first-order valence-electron chi connectivity index (χ1n) is 7.86. The third kappa shape index (κ3) is 5.20. The van der Waals surface area contributed by atoms with Crippen molar-refractivity contribution in [2.75, 3.05) is 32.1 Å². The highest BCUT2D eigenvalue weighted by atomic mass is 32.2. The molecule has 1 aromatic carbocycles. The highest BCUT2D eigenvalue weighted by molar-refractivity contribution is 7.98. The number of nitrogens with zero attached hydrogens (tertiary/aromatic N) is 1. The van der Waals surface area contributed by atoms with Gasteiger partial charge in [0.05, 0.1) is 12.4 Å². The van der Waals surface area contributed by atoms with E-state index in [2.05, 4.69) is 5.32 Å². The van der Waals surface area contributed by atoms with Gasteiger partial charge in [-0.1, -0.05) is 12.1 Å². The number of aliphatic hydroxyl groups is 1. The van der Waals surface area contributed by atoms with Crippen LogP contribution in [0.4, 0.5) is 0 Å². The van der Waals surface area contributed by atoms with Crippen LogP contribution in [-0.4, -0.2) is 55.9 Å². The Hall–Kier alpha value is -1.09. The Morgan fingerprint density at radius 2 is 1.92 bits per heavy atom. The second kappa shape index (κ2) is 8.33. The minimum atomic E-state index is -3.18. The molecule has 0 aliphatic carbocycles. The molecule has 1 saturated heterocycles.